The average Bonchev–Trinajstić information content (AvgIpc) is 2.39. The van der Waals surface area contributed by atoms with Crippen LogP contribution < -0.4 is 10.6 Å². The Morgan fingerprint density at radius 1 is 1.25 bits per heavy atom. The molecule has 5 nitrogen and oxygen atoms in total. The van der Waals surface area contributed by atoms with Gasteiger partial charge in [0, 0.05) is 16.6 Å². The third-order valence-electron chi connectivity index (χ3n) is 2.39. The zero-order valence-corrected chi connectivity index (χ0v) is 12.6. The van der Waals surface area contributed by atoms with Crippen LogP contribution in [0, 0.1) is 0 Å². The minimum absolute atomic E-state index is 0.151. The number of amides is 2. The van der Waals surface area contributed by atoms with Crippen LogP contribution in [-0.4, -0.2) is 31.7 Å². The van der Waals surface area contributed by atoms with E-state index in [1.54, 1.807) is 19.1 Å². The molecule has 0 aromatic heterocycles. The molecule has 0 saturated carbocycles. The molecule has 0 bridgehead atoms. The van der Waals surface area contributed by atoms with Crippen LogP contribution in [0.15, 0.2) is 18.2 Å². The van der Waals surface area contributed by atoms with Crippen LogP contribution in [0.5, 0.6) is 0 Å². The molecular weight excluding hydrogens is 303 g/mol. The highest BCUT2D eigenvalue weighted by Crippen LogP contribution is 2.20. The van der Waals surface area contributed by atoms with E-state index in [9.17, 15) is 9.59 Å². The normalized spacial score (nSPS) is 9.95. The van der Waals surface area contributed by atoms with Crippen LogP contribution in [0.1, 0.15) is 12.5 Å². The van der Waals surface area contributed by atoms with Crippen LogP contribution >= 0.6 is 23.2 Å². The fourth-order valence-electron chi connectivity index (χ4n) is 1.46. The minimum Gasteiger partial charge on any atom is -0.465 e. The van der Waals surface area contributed by atoms with Gasteiger partial charge in [-0.25, -0.2) is 4.79 Å². The van der Waals surface area contributed by atoms with E-state index in [-0.39, 0.29) is 13.2 Å². The van der Waals surface area contributed by atoms with Gasteiger partial charge in [-0.2, -0.15) is 0 Å². The molecule has 110 valence electrons. The molecule has 0 spiro atoms. The lowest BCUT2D eigenvalue weighted by molar-refractivity contribution is -0.141. The number of esters is 1. The van der Waals surface area contributed by atoms with E-state index in [0.717, 1.165) is 5.56 Å². The molecule has 0 atom stereocenters. The van der Waals surface area contributed by atoms with Crippen LogP contribution in [-0.2, 0) is 16.0 Å². The second-order valence-corrected chi connectivity index (χ2v) is 4.74. The first-order valence-corrected chi connectivity index (χ1v) is 6.89. The van der Waals surface area contributed by atoms with Crippen LogP contribution in [0.3, 0.4) is 0 Å². The van der Waals surface area contributed by atoms with Crippen molar-refractivity contribution in [2.45, 2.75) is 13.3 Å². The first-order valence-electron chi connectivity index (χ1n) is 6.14. The van der Waals surface area contributed by atoms with Crippen LogP contribution in [0.2, 0.25) is 10.0 Å². The van der Waals surface area contributed by atoms with Gasteiger partial charge in [-0.3, -0.25) is 4.79 Å². The van der Waals surface area contributed by atoms with Crippen molar-refractivity contribution in [1.82, 2.24) is 10.6 Å². The minimum atomic E-state index is -0.469. The maximum atomic E-state index is 11.4. The number of hydrogen-bond acceptors (Lipinski definition) is 3. The van der Waals surface area contributed by atoms with E-state index >= 15 is 0 Å². The molecule has 0 aliphatic rings. The number of ether oxygens (including phenoxy) is 1. The number of urea groups is 1. The number of halogens is 2. The van der Waals surface area contributed by atoms with Gasteiger partial charge in [0.05, 0.1) is 6.61 Å². The SMILES string of the molecule is CCOC(=O)CNC(=O)NCCc1ccc(Cl)cc1Cl. The zero-order chi connectivity index (χ0) is 15.0. The van der Waals surface area contributed by atoms with Crippen molar-refractivity contribution >= 4 is 35.2 Å². The third-order valence-corrected chi connectivity index (χ3v) is 2.98. The van der Waals surface area contributed by atoms with Gasteiger partial charge in [0.1, 0.15) is 6.54 Å². The van der Waals surface area contributed by atoms with Crippen molar-refractivity contribution in [3.63, 3.8) is 0 Å². The van der Waals surface area contributed by atoms with Crippen LogP contribution in [0.4, 0.5) is 4.79 Å². The second kappa shape index (κ2) is 8.66. The molecule has 1 rings (SSSR count). The van der Waals surface area contributed by atoms with Crippen molar-refractivity contribution in [3.8, 4) is 0 Å². The Hall–Kier alpha value is -1.46. The number of rotatable bonds is 6. The summed E-state index contributed by atoms with van der Waals surface area (Å²) >= 11 is 11.8. The maximum Gasteiger partial charge on any atom is 0.325 e. The van der Waals surface area contributed by atoms with Crippen molar-refractivity contribution in [1.29, 1.82) is 0 Å². The van der Waals surface area contributed by atoms with E-state index in [2.05, 4.69) is 15.4 Å². The fraction of sp³-hybridized carbons (Fsp3) is 0.385. The van der Waals surface area contributed by atoms with E-state index < -0.39 is 12.0 Å². The molecule has 0 heterocycles. The molecule has 20 heavy (non-hydrogen) atoms. The smallest absolute Gasteiger partial charge is 0.325 e. The van der Waals surface area contributed by atoms with Gasteiger partial charge in [0.2, 0.25) is 0 Å². The summed E-state index contributed by atoms with van der Waals surface area (Å²) in [5.74, 6) is -0.469. The lowest BCUT2D eigenvalue weighted by Gasteiger charge is -2.08. The molecule has 2 amide bonds. The molecule has 0 aliphatic carbocycles. The second-order valence-electron chi connectivity index (χ2n) is 3.90. The summed E-state index contributed by atoms with van der Waals surface area (Å²) in [7, 11) is 0. The lowest BCUT2D eigenvalue weighted by Crippen LogP contribution is -2.39. The van der Waals surface area contributed by atoms with Crippen molar-refractivity contribution in [3.05, 3.63) is 33.8 Å². The summed E-state index contributed by atoms with van der Waals surface area (Å²) in [6.07, 6.45) is 0.572. The molecule has 0 aliphatic heterocycles. The standard InChI is InChI=1S/C13H16Cl2N2O3/c1-2-20-12(18)8-17-13(19)16-6-5-9-3-4-10(14)7-11(9)15/h3-4,7H,2,5-6,8H2,1H3,(H2,16,17,19). The summed E-state index contributed by atoms with van der Waals surface area (Å²) in [5, 5.41) is 6.15. The van der Waals surface area contributed by atoms with Crippen molar-refractivity contribution < 1.29 is 14.3 Å². The van der Waals surface area contributed by atoms with Crippen molar-refractivity contribution in [2.75, 3.05) is 19.7 Å². The third kappa shape index (κ3) is 6.12. The number of nitrogens with one attached hydrogen (secondary N) is 2. The summed E-state index contributed by atoms with van der Waals surface area (Å²) in [6, 6.07) is 4.77. The summed E-state index contributed by atoms with van der Waals surface area (Å²) in [5.41, 5.74) is 0.891. The molecule has 0 radical (unpaired) electrons. The fourth-order valence-corrected chi connectivity index (χ4v) is 1.97. The Balaban J connectivity index is 2.26. The number of carbonyl (C=O) groups excluding carboxylic acids is 2. The van der Waals surface area contributed by atoms with Crippen LogP contribution in [0.25, 0.3) is 0 Å². The van der Waals surface area contributed by atoms with E-state index in [4.69, 9.17) is 23.2 Å². The molecule has 2 N–H and O–H groups in total. The predicted molar refractivity (Wildman–Crippen MR) is 78.2 cm³/mol. The molecular formula is C13H16Cl2N2O3. The first kappa shape index (κ1) is 16.6. The lowest BCUT2D eigenvalue weighted by atomic mass is 10.1. The van der Waals surface area contributed by atoms with Gasteiger partial charge in [0.15, 0.2) is 0 Å². The monoisotopic (exact) mass is 318 g/mol. The van der Waals surface area contributed by atoms with Gasteiger partial charge in [-0.05, 0) is 31.0 Å². The van der Waals surface area contributed by atoms with Gasteiger partial charge in [-0.15, -0.1) is 0 Å². The number of carbonyl (C=O) groups is 2. The largest absolute Gasteiger partial charge is 0.465 e. The quantitative estimate of drug-likeness (QED) is 0.791. The van der Waals surface area contributed by atoms with E-state index in [1.807, 2.05) is 6.07 Å². The summed E-state index contributed by atoms with van der Waals surface area (Å²) < 4.78 is 4.68. The first-order chi connectivity index (χ1) is 9.52. The molecule has 7 heteroatoms. The highest BCUT2D eigenvalue weighted by Gasteiger charge is 2.06. The topological polar surface area (TPSA) is 67.4 Å². The Morgan fingerprint density at radius 2 is 2.00 bits per heavy atom. The molecule has 0 saturated heterocycles. The van der Waals surface area contributed by atoms with E-state index in [0.29, 0.717) is 23.0 Å². The molecule has 1 aromatic carbocycles. The molecule has 0 fully saturated rings. The average molecular weight is 319 g/mol. The predicted octanol–water partition coefficient (Wildman–Crippen LogP) is 2.40. The number of benzene rings is 1. The Morgan fingerprint density at radius 3 is 2.65 bits per heavy atom. The number of hydrogen-bond donors (Lipinski definition) is 2. The Kier molecular flexibility index (Phi) is 7.18. The Bertz CT molecular complexity index is 481. The molecule has 0 unspecified atom stereocenters. The van der Waals surface area contributed by atoms with Gasteiger partial charge in [0.25, 0.3) is 0 Å². The maximum absolute atomic E-state index is 11.4. The summed E-state index contributed by atoms with van der Waals surface area (Å²) in [6.45, 7) is 2.24. The Labute approximate surface area is 127 Å². The molecule has 1 aromatic rings. The zero-order valence-electron chi connectivity index (χ0n) is 11.0. The highest BCUT2D eigenvalue weighted by molar-refractivity contribution is 6.35. The highest BCUT2D eigenvalue weighted by atomic mass is 35.5. The van der Waals surface area contributed by atoms with Gasteiger partial charge >= 0.3 is 12.0 Å². The van der Waals surface area contributed by atoms with Crippen molar-refractivity contribution in [2.24, 2.45) is 0 Å². The van der Waals surface area contributed by atoms with E-state index in [1.165, 1.54) is 0 Å². The van der Waals surface area contributed by atoms with Gasteiger partial charge in [-0.1, -0.05) is 29.3 Å². The summed E-state index contributed by atoms with van der Waals surface area (Å²) in [4.78, 5) is 22.4. The van der Waals surface area contributed by atoms with Gasteiger partial charge < -0.3 is 15.4 Å².